The van der Waals surface area contributed by atoms with Gasteiger partial charge in [0.15, 0.2) is 0 Å². The molecule has 1 radical (unpaired) electrons. The van der Waals surface area contributed by atoms with Crippen molar-refractivity contribution in [3.05, 3.63) is 25.1 Å². The van der Waals surface area contributed by atoms with E-state index in [1.807, 2.05) is 0 Å². The molecule has 3 nitrogen and oxygen atoms in total. The fourth-order valence-electron chi connectivity index (χ4n) is 0.452. The van der Waals surface area contributed by atoms with Crippen molar-refractivity contribution in [3.8, 4) is 6.01 Å². The summed E-state index contributed by atoms with van der Waals surface area (Å²) in [5, 5.41) is 0. The average molecular weight is 123 g/mol. The first-order chi connectivity index (χ1) is 4.43. The third-order valence-corrected chi connectivity index (χ3v) is 0.765. The Balaban J connectivity index is 2.61. The predicted molar refractivity (Wildman–Crippen MR) is 32.6 cm³/mol. The normalized spacial score (nSPS) is 9.00. The van der Waals surface area contributed by atoms with Gasteiger partial charge < -0.3 is 4.74 Å². The van der Waals surface area contributed by atoms with Crippen LogP contribution in [-0.2, 0) is 0 Å². The number of hydrogen-bond acceptors (Lipinski definition) is 3. The van der Waals surface area contributed by atoms with Crippen LogP contribution in [0.25, 0.3) is 0 Å². The van der Waals surface area contributed by atoms with Crippen LogP contribution in [0.1, 0.15) is 6.92 Å². The molecule has 0 bridgehead atoms. The van der Waals surface area contributed by atoms with E-state index in [1.54, 1.807) is 25.4 Å². The van der Waals surface area contributed by atoms with Crippen LogP contribution in [0.2, 0.25) is 0 Å². The van der Waals surface area contributed by atoms with E-state index in [9.17, 15) is 0 Å². The van der Waals surface area contributed by atoms with Gasteiger partial charge in [0.05, 0.1) is 0 Å². The molecule has 0 saturated heterocycles. The predicted octanol–water partition coefficient (Wildman–Crippen LogP) is 1.04. The van der Waals surface area contributed by atoms with Gasteiger partial charge in [-0.15, -0.1) is 0 Å². The van der Waals surface area contributed by atoms with Crippen LogP contribution in [0.15, 0.2) is 18.5 Å². The zero-order chi connectivity index (χ0) is 6.53. The molecule has 0 aliphatic heterocycles. The first kappa shape index (κ1) is 6.01. The van der Waals surface area contributed by atoms with Gasteiger partial charge in [0, 0.05) is 12.4 Å². The van der Waals surface area contributed by atoms with Gasteiger partial charge in [-0.3, -0.25) is 0 Å². The highest BCUT2D eigenvalue weighted by Gasteiger charge is 1.88. The Hall–Kier alpha value is -1.12. The summed E-state index contributed by atoms with van der Waals surface area (Å²) in [6, 6.07) is 2.13. The Kier molecular flexibility index (Phi) is 2.01. The summed E-state index contributed by atoms with van der Waals surface area (Å²) in [5.74, 6) is 0. The van der Waals surface area contributed by atoms with Crippen LogP contribution >= 0.6 is 0 Å². The van der Waals surface area contributed by atoms with Crippen molar-refractivity contribution in [1.82, 2.24) is 9.97 Å². The number of aromatic nitrogens is 2. The molecule has 1 aromatic rings. The summed E-state index contributed by atoms with van der Waals surface area (Å²) in [6.07, 6.45) is 3.26. The summed E-state index contributed by atoms with van der Waals surface area (Å²) in [4.78, 5) is 7.61. The summed E-state index contributed by atoms with van der Waals surface area (Å²) in [7, 11) is 0. The molecule has 0 unspecified atom stereocenters. The minimum Gasteiger partial charge on any atom is -0.457 e. The molecular formula is C6H7N2O. The molecular weight excluding hydrogens is 116 g/mol. The second kappa shape index (κ2) is 3.02. The lowest BCUT2D eigenvalue weighted by Crippen LogP contribution is -1.90. The first-order valence-corrected chi connectivity index (χ1v) is 2.65. The van der Waals surface area contributed by atoms with Gasteiger partial charge in [0.1, 0.15) is 6.61 Å². The molecule has 0 amide bonds. The van der Waals surface area contributed by atoms with Crippen LogP contribution in [-0.4, -0.2) is 9.97 Å². The van der Waals surface area contributed by atoms with Crippen molar-refractivity contribution in [1.29, 1.82) is 0 Å². The Morgan fingerprint density at radius 1 is 1.44 bits per heavy atom. The first-order valence-electron chi connectivity index (χ1n) is 2.65. The lowest BCUT2D eigenvalue weighted by Gasteiger charge is -1.95. The Morgan fingerprint density at radius 2 is 2.11 bits per heavy atom. The minimum absolute atomic E-state index is 0.389. The van der Waals surface area contributed by atoms with Crippen LogP contribution in [0.4, 0.5) is 0 Å². The number of rotatable bonds is 2. The molecule has 3 heteroatoms. The van der Waals surface area contributed by atoms with E-state index >= 15 is 0 Å². The largest absolute Gasteiger partial charge is 0.457 e. The Labute approximate surface area is 53.7 Å². The van der Waals surface area contributed by atoms with E-state index in [0.717, 1.165) is 0 Å². The third kappa shape index (κ3) is 1.68. The summed E-state index contributed by atoms with van der Waals surface area (Å²) in [6.45, 7) is 3.31. The van der Waals surface area contributed by atoms with Gasteiger partial charge in [-0.05, 0) is 13.0 Å². The smallest absolute Gasteiger partial charge is 0.316 e. The molecule has 1 rings (SSSR count). The van der Waals surface area contributed by atoms with E-state index in [0.29, 0.717) is 6.01 Å². The fourth-order valence-corrected chi connectivity index (χ4v) is 0.452. The van der Waals surface area contributed by atoms with E-state index < -0.39 is 0 Å². The standard InChI is InChI=1S/C6H7N2O/c1-2-9-6-7-4-3-5-8-6/h2-5H,1H3. The molecule has 0 aromatic carbocycles. The van der Waals surface area contributed by atoms with Crippen molar-refractivity contribution >= 4 is 0 Å². The van der Waals surface area contributed by atoms with E-state index in [1.165, 1.54) is 6.61 Å². The van der Waals surface area contributed by atoms with Gasteiger partial charge in [-0.1, -0.05) is 0 Å². The Bertz CT molecular complexity index is 164. The number of nitrogens with zero attached hydrogens (tertiary/aromatic N) is 2. The van der Waals surface area contributed by atoms with Crippen LogP contribution in [0.5, 0.6) is 6.01 Å². The van der Waals surface area contributed by atoms with Crippen LogP contribution in [0.3, 0.4) is 0 Å². The lowest BCUT2D eigenvalue weighted by molar-refractivity contribution is 0.382. The molecule has 0 spiro atoms. The Morgan fingerprint density at radius 3 is 2.67 bits per heavy atom. The molecule has 9 heavy (non-hydrogen) atoms. The maximum Gasteiger partial charge on any atom is 0.316 e. The van der Waals surface area contributed by atoms with Crippen LogP contribution < -0.4 is 4.74 Å². The molecule has 47 valence electrons. The summed E-state index contributed by atoms with van der Waals surface area (Å²) < 4.78 is 4.86. The van der Waals surface area contributed by atoms with Gasteiger partial charge in [-0.25, -0.2) is 9.97 Å². The molecule has 1 aromatic heterocycles. The molecule has 0 aliphatic carbocycles. The average Bonchev–Trinajstić information content (AvgIpc) is 1.91. The minimum atomic E-state index is 0.389. The van der Waals surface area contributed by atoms with Crippen LogP contribution in [0, 0.1) is 6.61 Å². The summed E-state index contributed by atoms with van der Waals surface area (Å²) >= 11 is 0. The topological polar surface area (TPSA) is 35.0 Å². The molecule has 0 saturated carbocycles. The van der Waals surface area contributed by atoms with Crippen molar-refractivity contribution < 1.29 is 4.74 Å². The second-order valence-electron chi connectivity index (χ2n) is 1.38. The zero-order valence-electron chi connectivity index (χ0n) is 5.11. The van der Waals surface area contributed by atoms with E-state index in [2.05, 4.69) is 9.97 Å². The monoisotopic (exact) mass is 123 g/mol. The maximum atomic E-state index is 4.86. The van der Waals surface area contributed by atoms with Crippen molar-refractivity contribution in [2.45, 2.75) is 6.92 Å². The number of ether oxygens (including phenoxy) is 1. The molecule has 0 atom stereocenters. The van der Waals surface area contributed by atoms with Gasteiger partial charge in [-0.2, -0.15) is 0 Å². The fraction of sp³-hybridized carbons (Fsp3) is 0.167. The molecule has 0 fully saturated rings. The summed E-state index contributed by atoms with van der Waals surface area (Å²) in [5.41, 5.74) is 0. The maximum absolute atomic E-state index is 4.86. The number of hydrogen-bond donors (Lipinski definition) is 0. The highest BCUT2D eigenvalue weighted by molar-refractivity contribution is 4.93. The quantitative estimate of drug-likeness (QED) is 0.589. The van der Waals surface area contributed by atoms with Gasteiger partial charge in [0.25, 0.3) is 0 Å². The van der Waals surface area contributed by atoms with Crippen molar-refractivity contribution in [2.75, 3.05) is 0 Å². The van der Waals surface area contributed by atoms with Crippen molar-refractivity contribution in [2.24, 2.45) is 0 Å². The third-order valence-electron chi connectivity index (χ3n) is 0.765. The zero-order valence-corrected chi connectivity index (χ0v) is 5.11. The van der Waals surface area contributed by atoms with Crippen molar-refractivity contribution in [3.63, 3.8) is 0 Å². The lowest BCUT2D eigenvalue weighted by atomic mass is 10.7. The van der Waals surface area contributed by atoms with E-state index in [4.69, 9.17) is 4.74 Å². The molecule has 1 heterocycles. The van der Waals surface area contributed by atoms with Gasteiger partial charge >= 0.3 is 6.01 Å². The SMILES string of the molecule is C[CH]Oc1ncccn1. The second-order valence-corrected chi connectivity index (χ2v) is 1.38. The molecule has 0 aliphatic rings. The highest BCUT2D eigenvalue weighted by Crippen LogP contribution is 1.97. The molecule has 0 N–H and O–H groups in total. The highest BCUT2D eigenvalue weighted by atomic mass is 16.5. The van der Waals surface area contributed by atoms with Gasteiger partial charge in [0.2, 0.25) is 0 Å². The van der Waals surface area contributed by atoms with E-state index in [-0.39, 0.29) is 0 Å².